The van der Waals surface area contributed by atoms with Gasteiger partial charge >= 0.3 is 4.59 Å². The SMILES string of the molecule is FC(Cl)(Cl)C(F)(Cl)I. The molecule has 0 heterocycles. The topological polar surface area (TPSA) is 0 Å². The normalized spacial score (nSPS) is 20.2. The summed E-state index contributed by atoms with van der Waals surface area (Å²) >= 11 is 14.8. The first-order valence-electron chi connectivity index (χ1n) is 1.38. The summed E-state index contributed by atoms with van der Waals surface area (Å²) in [6.07, 6.45) is 0. The van der Waals surface area contributed by atoms with Gasteiger partial charge in [-0.05, 0) is 22.6 Å². The van der Waals surface area contributed by atoms with Crippen molar-refractivity contribution in [2.45, 2.75) is 7.72 Å². The van der Waals surface area contributed by atoms with Crippen molar-refractivity contribution >= 4 is 57.4 Å². The zero-order valence-electron chi connectivity index (χ0n) is 3.27. The average Bonchev–Trinajstić information content (AvgIpc) is 1.25. The number of hydrogen-bond acceptors (Lipinski definition) is 0. The Morgan fingerprint density at radius 3 is 1.25 bits per heavy atom. The lowest BCUT2D eigenvalue weighted by Crippen LogP contribution is -2.25. The Kier molecular flexibility index (Phi) is 3.07. The Hall–Kier alpha value is 1.46. The molecule has 0 aromatic heterocycles. The summed E-state index contributed by atoms with van der Waals surface area (Å²) in [5.74, 6) is 0. The van der Waals surface area contributed by atoms with Crippen LogP contribution in [0.25, 0.3) is 0 Å². The van der Waals surface area contributed by atoms with Crippen molar-refractivity contribution in [3.63, 3.8) is 0 Å². The summed E-state index contributed by atoms with van der Waals surface area (Å²) < 4.78 is 18.1. The largest absolute Gasteiger partial charge is 0.314 e. The summed E-state index contributed by atoms with van der Waals surface area (Å²) in [4.78, 5) is 0. The predicted molar refractivity (Wildman–Crippen MR) is 39.3 cm³/mol. The van der Waals surface area contributed by atoms with Crippen LogP contribution in [-0.2, 0) is 0 Å². The lowest BCUT2D eigenvalue weighted by molar-refractivity contribution is 0.255. The molecule has 50 valence electrons. The molecule has 6 heteroatoms. The van der Waals surface area contributed by atoms with Gasteiger partial charge in [0.2, 0.25) is 0 Å². The number of rotatable bonds is 1. The Balaban J connectivity index is 4.02. The van der Waals surface area contributed by atoms with Crippen molar-refractivity contribution < 1.29 is 8.78 Å². The molecule has 0 saturated carbocycles. The van der Waals surface area contributed by atoms with E-state index in [0.717, 1.165) is 22.6 Å². The minimum atomic E-state index is -3.03. The Morgan fingerprint density at radius 1 is 1.12 bits per heavy atom. The molecule has 0 N–H and O–H groups in total. The van der Waals surface area contributed by atoms with E-state index >= 15 is 0 Å². The summed E-state index contributed by atoms with van der Waals surface area (Å²) in [7, 11) is 0. The van der Waals surface area contributed by atoms with Crippen LogP contribution in [0.15, 0.2) is 0 Å². The molecule has 0 amide bonds. The minimum Gasteiger partial charge on any atom is -0.208 e. The van der Waals surface area contributed by atoms with Crippen LogP contribution < -0.4 is 0 Å². The van der Waals surface area contributed by atoms with Crippen LogP contribution in [0.3, 0.4) is 0 Å². The second-order valence-electron chi connectivity index (χ2n) is 0.996. The molecule has 8 heavy (non-hydrogen) atoms. The summed E-state index contributed by atoms with van der Waals surface area (Å²) in [5.41, 5.74) is 0. The molecule has 0 radical (unpaired) electrons. The fourth-order valence-electron chi connectivity index (χ4n) is 0. The molecular weight excluding hydrogens is 295 g/mol. The van der Waals surface area contributed by atoms with Crippen molar-refractivity contribution in [3.05, 3.63) is 0 Å². The van der Waals surface area contributed by atoms with Crippen molar-refractivity contribution in [1.82, 2.24) is 0 Å². The second kappa shape index (κ2) is 2.60. The van der Waals surface area contributed by atoms with E-state index in [1.54, 1.807) is 0 Å². The van der Waals surface area contributed by atoms with E-state index in [-0.39, 0.29) is 0 Å². The Morgan fingerprint density at radius 2 is 1.25 bits per heavy atom. The van der Waals surface area contributed by atoms with Crippen LogP contribution in [0.2, 0.25) is 0 Å². The second-order valence-corrected chi connectivity index (χ2v) is 4.88. The van der Waals surface area contributed by atoms with Gasteiger partial charge in [0.25, 0.3) is 3.13 Å². The standard InChI is InChI=1S/C2Cl3F2I/c3-1(4,6)2(5,7)8. The average molecular weight is 295 g/mol. The molecule has 1 atom stereocenters. The fraction of sp³-hybridized carbons (Fsp3) is 1.00. The molecular formula is C2Cl3F2I. The van der Waals surface area contributed by atoms with Crippen LogP contribution in [0.5, 0.6) is 0 Å². The highest BCUT2D eigenvalue weighted by Gasteiger charge is 2.47. The van der Waals surface area contributed by atoms with Gasteiger partial charge in [-0.1, -0.05) is 34.8 Å². The lowest BCUT2D eigenvalue weighted by Gasteiger charge is -2.16. The number of alkyl halides is 6. The van der Waals surface area contributed by atoms with Gasteiger partial charge in [0.05, 0.1) is 0 Å². The maximum atomic E-state index is 12.0. The molecule has 0 aromatic carbocycles. The summed E-state index contributed by atoms with van der Waals surface area (Å²) in [6.45, 7) is 0. The van der Waals surface area contributed by atoms with Gasteiger partial charge in [-0.15, -0.1) is 0 Å². The van der Waals surface area contributed by atoms with Crippen molar-refractivity contribution in [1.29, 1.82) is 0 Å². The smallest absolute Gasteiger partial charge is 0.208 e. The van der Waals surface area contributed by atoms with E-state index in [9.17, 15) is 8.78 Å². The fourth-order valence-corrected chi connectivity index (χ4v) is 0. The van der Waals surface area contributed by atoms with E-state index in [2.05, 4.69) is 23.2 Å². The summed E-state index contributed by atoms with van der Waals surface area (Å²) in [5, 5.41) is 0. The van der Waals surface area contributed by atoms with Gasteiger partial charge < -0.3 is 0 Å². The van der Waals surface area contributed by atoms with Gasteiger partial charge in [0.15, 0.2) is 0 Å². The molecule has 0 fully saturated rings. The maximum Gasteiger partial charge on any atom is 0.314 e. The van der Waals surface area contributed by atoms with E-state index in [1.807, 2.05) is 0 Å². The summed E-state index contributed by atoms with van der Waals surface area (Å²) in [6, 6.07) is 0. The molecule has 0 bridgehead atoms. The molecule has 0 nitrogen and oxygen atoms in total. The number of halogens is 6. The monoisotopic (exact) mass is 294 g/mol. The van der Waals surface area contributed by atoms with Gasteiger partial charge in [0.1, 0.15) is 0 Å². The first kappa shape index (κ1) is 9.46. The maximum absolute atomic E-state index is 12.0. The van der Waals surface area contributed by atoms with E-state index in [4.69, 9.17) is 11.6 Å². The molecule has 0 rings (SSSR count). The lowest BCUT2D eigenvalue weighted by atomic mass is 10.8. The van der Waals surface area contributed by atoms with E-state index in [0.29, 0.717) is 0 Å². The van der Waals surface area contributed by atoms with Crippen molar-refractivity contribution in [3.8, 4) is 0 Å². The van der Waals surface area contributed by atoms with Crippen LogP contribution in [0.1, 0.15) is 0 Å². The van der Waals surface area contributed by atoms with Crippen LogP contribution in [0, 0.1) is 0 Å². The number of hydrogen-bond donors (Lipinski definition) is 0. The Labute approximate surface area is 73.6 Å². The first-order chi connectivity index (χ1) is 3.25. The van der Waals surface area contributed by atoms with Crippen LogP contribution in [0.4, 0.5) is 8.78 Å². The van der Waals surface area contributed by atoms with Crippen molar-refractivity contribution in [2.24, 2.45) is 0 Å². The highest BCUT2D eigenvalue weighted by molar-refractivity contribution is 14.1. The molecule has 0 aromatic rings. The highest BCUT2D eigenvalue weighted by atomic mass is 127. The van der Waals surface area contributed by atoms with Gasteiger partial charge in [0, 0.05) is 0 Å². The minimum absolute atomic E-state index is 0.943. The molecule has 0 aliphatic rings. The quantitative estimate of drug-likeness (QED) is 0.514. The molecule has 0 aliphatic carbocycles. The van der Waals surface area contributed by atoms with Gasteiger partial charge in [-0.3, -0.25) is 0 Å². The van der Waals surface area contributed by atoms with Gasteiger partial charge in [-0.25, -0.2) is 8.78 Å². The zero-order valence-corrected chi connectivity index (χ0v) is 7.69. The predicted octanol–water partition coefficient (Wildman–Crippen LogP) is 3.38. The zero-order chi connectivity index (χ0) is 7.00. The molecule has 0 saturated heterocycles. The van der Waals surface area contributed by atoms with Crippen molar-refractivity contribution in [2.75, 3.05) is 0 Å². The Bertz CT molecular complexity index is 70.3. The van der Waals surface area contributed by atoms with Gasteiger partial charge in [-0.2, -0.15) is 0 Å². The highest BCUT2D eigenvalue weighted by Crippen LogP contribution is 2.46. The van der Waals surface area contributed by atoms with E-state index < -0.39 is 7.72 Å². The molecule has 1 unspecified atom stereocenters. The molecule has 0 spiro atoms. The van der Waals surface area contributed by atoms with E-state index in [1.165, 1.54) is 0 Å². The third kappa shape index (κ3) is 2.85. The first-order valence-corrected chi connectivity index (χ1v) is 3.60. The van der Waals surface area contributed by atoms with Crippen LogP contribution in [-0.4, -0.2) is 7.72 Å². The third-order valence-corrected chi connectivity index (χ3v) is 2.68. The van der Waals surface area contributed by atoms with Crippen LogP contribution >= 0.6 is 57.4 Å². The third-order valence-electron chi connectivity index (χ3n) is 0.321. The molecule has 0 aliphatic heterocycles.